The first-order valence-electron chi connectivity index (χ1n) is 4.85. The summed E-state index contributed by atoms with van der Waals surface area (Å²) < 4.78 is 5.61. The van der Waals surface area contributed by atoms with Gasteiger partial charge in [0.1, 0.15) is 12.4 Å². The summed E-state index contributed by atoms with van der Waals surface area (Å²) in [6.45, 7) is 5.75. The molecule has 0 saturated carbocycles. The average Bonchev–Trinajstić information content (AvgIpc) is 2.14. The molecular weight excluding hydrogens is 176 g/mol. The highest BCUT2D eigenvalue weighted by Gasteiger charge is 2.19. The lowest BCUT2D eigenvalue weighted by Gasteiger charge is -2.30. The van der Waals surface area contributed by atoms with Crippen molar-refractivity contribution >= 4 is 11.4 Å². The van der Waals surface area contributed by atoms with Gasteiger partial charge in [-0.3, -0.25) is 0 Å². The molecule has 0 saturated heterocycles. The van der Waals surface area contributed by atoms with Gasteiger partial charge in [-0.2, -0.15) is 0 Å². The Morgan fingerprint density at radius 3 is 2.86 bits per heavy atom. The molecule has 0 unspecified atom stereocenters. The topological polar surface area (TPSA) is 38.5 Å². The van der Waals surface area contributed by atoms with Crippen LogP contribution in [0.15, 0.2) is 6.07 Å². The first-order valence-corrected chi connectivity index (χ1v) is 4.85. The molecule has 2 N–H and O–H groups in total. The molecule has 0 atom stereocenters. The Labute approximate surface area is 84.5 Å². The fourth-order valence-electron chi connectivity index (χ4n) is 1.94. The van der Waals surface area contributed by atoms with E-state index in [0.717, 1.165) is 41.4 Å². The van der Waals surface area contributed by atoms with Crippen molar-refractivity contribution in [3.8, 4) is 5.75 Å². The van der Waals surface area contributed by atoms with Crippen LogP contribution in [0.4, 0.5) is 11.4 Å². The first-order chi connectivity index (χ1) is 6.61. The van der Waals surface area contributed by atoms with Crippen LogP contribution in [-0.2, 0) is 0 Å². The molecule has 0 fully saturated rings. The lowest BCUT2D eigenvalue weighted by atomic mass is 10.0. The van der Waals surface area contributed by atoms with Crippen LogP contribution in [0, 0.1) is 13.8 Å². The Bertz CT molecular complexity index is 374. The molecule has 3 nitrogen and oxygen atoms in total. The van der Waals surface area contributed by atoms with Crippen molar-refractivity contribution in [3.63, 3.8) is 0 Å². The molecule has 0 spiro atoms. The Morgan fingerprint density at radius 2 is 2.14 bits per heavy atom. The van der Waals surface area contributed by atoms with Crippen LogP contribution in [0.25, 0.3) is 0 Å². The van der Waals surface area contributed by atoms with Crippen LogP contribution in [-0.4, -0.2) is 20.2 Å². The Hall–Kier alpha value is -1.38. The van der Waals surface area contributed by atoms with Crippen LogP contribution in [0.2, 0.25) is 0 Å². The molecule has 14 heavy (non-hydrogen) atoms. The molecule has 1 aliphatic rings. The van der Waals surface area contributed by atoms with Gasteiger partial charge in [0, 0.05) is 12.7 Å². The summed E-state index contributed by atoms with van der Waals surface area (Å²) in [5.41, 5.74) is 10.2. The maximum Gasteiger partial charge on any atom is 0.143 e. The summed E-state index contributed by atoms with van der Waals surface area (Å²) >= 11 is 0. The number of nitrogens with zero attached hydrogens (tertiary/aromatic N) is 1. The van der Waals surface area contributed by atoms with E-state index in [-0.39, 0.29) is 0 Å². The third kappa shape index (κ3) is 1.20. The SMILES string of the molecule is Cc1cc2c(c(C)c1N)N(C)CCO2. The Morgan fingerprint density at radius 1 is 1.43 bits per heavy atom. The molecule has 0 amide bonds. The zero-order chi connectivity index (χ0) is 10.3. The van der Waals surface area contributed by atoms with Crippen molar-refractivity contribution in [3.05, 3.63) is 17.2 Å². The van der Waals surface area contributed by atoms with E-state index in [9.17, 15) is 0 Å². The van der Waals surface area contributed by atoms with Crippen molar-refractivity contribution in [2.24, 2.45) is 0 Å². The van der Waals surface area contributed by atoms with Crippen molar-refractivity contribution in [1.82, 2.24) is 0 Å². The van der Waals surface area contributed by atoms with Gasteiger partial charge in [-0.1, -0.05) is 0 Å². The summed E-state index contributed by atoms with van der Waals surface area (Å²) in [5, 5.41) is 0. The second-order valence-corrected chi connectivity index (χ2v) is 3.85. The maximum atomic E-state index is 5.99. The molecule has 1 aliphatic heterocycles. The minimum atomic E-state index is 0.756. The highest BCUT2D eigenvalue weighted by Crippen LogP contribution is 2.38. The maximum absolute atomic E-state index is 5.99. The zero-order valence-electron chi connectivity index (χ0n) is 8.92. The molecule has 1 heterocycles. The van der Waals surface area contributed by atoms with Gasteiger partial charge in [0.05, 0.1) is 12.2 Å². The van der Waals surface area contributed by atoms with E-state index in [1.54, 1.807) is 0 Å². The molecule has 2 rings (SSSR count). The minimum absolute atomic E-state index is 0.756. The number of hydrogen-bond donors (Lipinski definition) is 1. The lowest BCUT2D eigenvalue weighted by Crippen LogP contribution is -2.29. The molecular formula is C11H16N2O. The molecule has 1 aromatic carbocycles. The number of nitrogen functional groups attached to an aromatic ring is 1. The minimum Gasteiger partial charge on any atom is -0.490 e. The van der Waals surface area contributed by atoms with E-state index in [1.807, 2.05) is 19.9 Å². The monoisotopic (exact) mass is 192 g/mol. The highest BCUT2D eigenvalue weighted by molar-refractivity contribution is 5.74. The summed E-state index contributed by atoms with van der Waals surface area (Å²) in [5.74, 6) is 0.961. The second kappa shape index (κ2) is 3.08. The van der Waals surface area contributed by atoms with E-state index in [2.05, 4.69) is 11.9 Å². The number of rotatable bonds is 0. The van der Waals surface area contributed by atoms with Gasteiger partial charge >= 0.3 is 0 Å². The molecule has 3 heteroatoms. The Balaban J connectivity index is 2.64. The number of fused-ring (bicyclic) bond motifs is 1. The van der Waals surface area contributed by atoms with E-state index in [4.69, 9.17) is 10.5 Å². The molecule has 1 aromatic rings. The van der Waals surface area contributed by atoms with E-state index in [0.29, 0.717) is 0 Å². The lowest BCUT2D eigenvalue weighted by molar-refractivity contribution is 0.311. The van der Waals surface area contributed by atoms with Gasteiger partial charge in [-0.15, -0.1) is 0 Å². The van der Waals surface area contributed by atoms with Crippen LogP contribution in [0.5, 0.6) is 5.75 Å². The number of benzene rings is 1. The first kappa shape index (κ1) is 9.19. The Kier molecular flexibility index (Phi) is 2.02. The summed E-state index contributed by atoms with van der Waals surface area (Å²) in [7, 11) is 2.07. The molecule has 0 aliphatic carbocycles. The van der Waals surface area contributed by atoms with Crippen LogP contribution < -0.4 is 15.4 Å². The molecule has 0 radical (unpaired) electrons. The fraction of sp³-hybridized carbons (Fsp3) is 0.455. The van der Waals surface area contributed by atoms with Crippen LogP contribution in [0.1, 0.15) is 11.1 Å². The van der Waals surface area contributed by atoms with Gasteiger partial charge in [0.25, 0.3) is 0 Å². The van der Waals surface area contributed by atoms with E-state index < -0.39 is 0 Å². The van der Waals surface area contributed by atoms with Gasteiger partial charge in [-0.25, -0.2) is 0 Å². The number of nitrogens with two attached hydrogens (primary N) is 1. The number of ether oxygens (including phenoxy) is 1. The van der Waals surface area contributed by atoms with Crippen LogP contribution >= 0.6 is 0 Å². The fourth-order valence-corrected chi connectivity index (χ4v) is 1.94. The average molecular weight is 192 g/mol. The van der Waals surface area contributed by atoms with E-state index >= 15 is 0 Å². The molecule has 0 bridgehead atoms. The number of hydrogen-bond acceptors (Lipinski definition) is 3. The van der Waals surface area contributed by atoms with Crippen molar-refractivity contribution in [2.75, 3.05) is 30.8 Å². The number of likely N-dealkylation sites (N-methyl/N-ethyl adjacent to an activating group) is 1. The normalized spacial score (nSPS) is 14.9. The highest BCUT2D eigenvalue weighted by atomic mass is 16.5. The predicted molar refractivity (Wildman–Crippen MR) is 59.1 cm³/mol. The van der Waals surface area contributed by atoms with E-state index in [1.165, 1.54) is 0 Å². The summed E-state index contributed by atoms with van der Waals surface area (Å²) in [4.78, 5) is 2.20. The number of aryl methyl sites for hydroxylation is 1. The van der Waals surface area contributed by atoms with Crippen molar-refractivity contribution < 1.29 is 4.74 Å². The molecule has 0 aromatic heterocycles. The van der Waals surface area contributed by atoms with Crippen LogP contribution in [0.3, 0.4) is 0 Å². The van der Waals surface area contributed by atoms with Crippen molar-refractivity contribution in [2.45, 2.75) is 13.8 Å². The standard InChI is InChI=1S/C11H16N2O/c1-7-6-9-11(8(2)10(7)12)13(3)4-5-14-9/h6H,4-5,12H2,1-3H3. The predicted octanol–water partition coefficient (Wildman–Crippen LogP) is 1.71. The summed E-state index contributed by atoms with van der Waals surface area (Å²) in [6.07, 6.45) is 0. The van der Waals surface area contributed by atoms with Gasteiger partial charge < -0.3 is 15.4 Å². The third-order valence-electron chi connectivity index (χ3n) is 2.83. The third-order valence-corrected chi connectivity index (χ3v) is 2.83. The quantitative estimate of drug-likeness (QED) is 0.636. The van der Waals surface area contributed by atoms with Gasteiger partial charge in [0.2, 0.25) is 0 Å². The van der Waals surface area contributed by atoms with Gasteiger partial charge in [0.15, 0.2) is 0 Å². The molecule has 76 valence electrons. The summed E-state index contributed by atoms with van der Waals surface area (Å²) in [6, 6.07) is 2.02. The second-order valence-electron chi connectivity index (χ2n) is 3.85. The smallest absolute Gasteiger partial charge is 0.143 e. The van der Waals surface area contributed by atoms with Crippen molar-refractivity contribution in [1.29, 1.82) is 0 Å². The number of anilines is 2. The zero-order valence-corrected chi connectivity index (χ0v) is 8.92. The van der Waals surface area contributed by atoms with Gasteiger partial charge in [-0.05, 0) is 31.0 Å². The largest absolute Gasteiger partial charge is 0.490 e.